The van der Waals surface area contributed by atoms with Crippen molar-refractivity contribution in [2.24, 2.45) is 13.0 Å². The van der Waals surface area contributed by atoms with Crippen molar-refractivity contribution in [2.75, 3.05) is 11.4 Å². The third-order valence-corrected chi connectivity index (χ3v) is 6.05. The van der Waals surface area contributed by atoms with E-state index in [1.165, 1.54) is 9.12 Å². The summed E-state index contributed by atoms with van der Waals surface area (Å²) in [5.41, 5.74) is 3.57. The average molecular weight is 464 g/mol. The number of amides is 1. The van der Waals surface area contributed by atoms with Crippen molar-refractivity contribution in [3.63, 3.8) is 0 Å². The molecule has 1 atom stereocenters. The average Bonchev–Trinajstić information content (AvgIpc) is 3.30. The molecule has 1 saturated heterocycles. The van der Waals surface area contributed by atoms with Gasteiger partial charge < -0.3 is 4.90 Å². The smallest absolute Gasteiger partial charge is 0.244 e. The molecule has 0 aromatic carbocycles. The van der Waals surface area contributed by atoms with Crippen molar-refractivity contribution in [1.29, 1.82) is 5.26 Å². The number of hydrogen-bond acceptors (Lipinski definition) is 5. The van der Waals surface area contributed by atoms with Crippen molar-refractivity contribution in [3.05, 3.63) is 30.7 Å². The van der Waals surface area contributed by atoms with Crippen molar-refractivity contribution >= 4 is 53.0 Å². The molecule has 1 fully saturated rings. The van der Waals surface area contributed by atoms with Crippen molar-refractivity contribution in [1.82, 2.24) is 18.7 Å². The molecule has 1 unspecified atom stereocenters. The molecule has 1 aliphatic rings. The van der Waals surface area contributed by atoms with Crippen LogP contribution in [0.3, 0.4) is 0 Å². The van der Waals surface area contributed by atoms with Gasteiger partial charge in [0.15, 0.2) is 5.65 Å². The van der Waals surface area contributed by atoms with Gasteiger partial charge in [-0.1, -0.05) is 0 Å². The Kier molecular flexibility index (Phi) is 4.16. The Labute approximate surface area is 160 Å². The standard InChI is InChI=1S/C16H13IN6OS/c1-21-9-11(8-20-21)14-6-12-13(2-4-19-15(12)23(14)25-17)22-5-3-10(7-18)16(22)24/h2,4,6,8-10H,3,5H2,1H3. The Balaban J connectivity index is 1.89. The molecule has 0 radical (unpaired) electrons. The topological polar surface area (TPSA) is 79.7 Å². The summed E-state index contributed by atoms with van der Waals surface area (Å²) in [6.45, 7) is 0.557. The summed E-state index contributed by atoms with van der Waals surface area (Å²) >= 11 is 2.22. The number of nitriles is 1. The van der Waals surface area contributed by atoms with Crippen LogP contribution in [-0.4, -0.2) is 31.2 Å². The first-order valence-electron chi connectivity index (χ1n) is 7.63. The Morgan fingerprint density at radius 3 is 2.96 bits per heavy atom. The minimum absolute atomic E-state index is 0.132. The van der Waals surface area contributed by atoms with E-state index < -0.39 is 5.92 Å². The Bertz CT molecular complexity index is 1020. The SMILES string of the molecule is Cn1cc(-c2cc3c(N4CCC(C#N)C4=O)ccnc3n2SI)cn1. The number of carbonyl (C=O) groups excluding carboxylic acids is 1. The van der Waals surface area contributed by atoms with Crippen LogP contribution in [0, 0.1) is 17.2 Å². The maximum atomic E-state index is 12.5. The molecule has 3 aromatic heterocycles. The van der Waals surface area contributed by atoms with Gasteiger partial charge in [-0.25, -0.2) is 4.98 Å². The highest BCUT2D eigenvalue weighted by Gasteiger charge is 2.33. The fourth-order valence-corrected chi connectivity index (χ4v) is 4.80. The van der Waals surface area contributed by atoms with Crippen LogP contribution in [0.5, 0.6) is 0 Å². The second kappa shape index (κ2) is 6.34. The predicted octanol–water partition coefficient (Wildman–Crippen LogP) is 3.16. The highest BCUT2D eigenvalue weighted by atomic mass is 127. The van der Waals surface area contributed by atoms with Crippen LogP contribution in [0.15, 0.2) is 30.7 Å². The molecule has 126 valence electrons. The number of nitrogens with zero attached hydrogens (tertiary/aromatic N) is 6. The fourth-order valence-electron chi connectivity index (χ4n) is 3.16. The van der Waals surface area contributed by atoms with Gasteiger partial charge in [0, 0.05) is 67.3 Å². The molecule has 1 amide bonds. The quantitative estimate of drug-likeness (QED) is 0.557. The number of hydrogen-bond donors (Lipinski definition) is 0. The number of fused-ring (bicyclic) bond motifs is 1. The number of aromatic nitrogens is 4. The Hall–Kier alpha value is -2.06. The van der Waals surface area contributed by atoms with Crippen LogP contribution < -0.4 is 4.90 Å². The van der Waals surface area contributed by atoms with Gasteiger partial charge in [0.05, 0.1) is 23.6 Å². The molecule has 0 N–H and O–H groups in total. The van der Waals surface area contributed by atoms with Crippen LogP contribution in [0.25, 0.3) is 22.3 Å². The molecule has 0 aliphatic carbocycles. The van der Waals surface area contributed by atoms with Gasteiger partial charge in [0.25, 0.3) is 0 Å². The zero-order chi connectivity index (χ0) is 17.6. The highest BCUT2D eigenvalue weighted by Crippen LogP contribution is 2.38. The second-order valence-corrected chi connectivity index (χ2v) is 7.51. The van der Waals surface area contributed by atoms with Gasteiger partial charge in [-0.3, -0.25) is 13.4 Å². The normalized spacial score (nSPS) is 17.4. The summed E-state index contributed by atoms with van der Waals surface area (Å²) in [5, 5.41) is 14.3. The van der Waals surface area contributed by atoms with Crippen LogP contribution in [0.4, 0.5) is 5.69 Å². The Morgan fingerprint density at radius 1 is 1.48 bits per heavy atom. The van der Waals surface area contributed by atoms with Gasteiger partial charge in [-0.15, -0.1) is 0 Å². The predicted molar refractivity (Wildman–Crippen MR) is 105 cm³/mol. The van der Waals surface area contributed by atoms with E-state index in [0.717, 1.165) is 28.0 Å². The van der Waals surface area contributed by atoms with E-state index >= 15 is 0 Å². The van der Waals surface area contributed by atoms with Gasteiger partial charge in [-0.2, -0.15) is 10.4 Å². The lowest BCUT2D eigenvalue weighted by molar-refractivity contribution is -0.118. The monoisotopic (exact) mass is 464 g/mol. The molecule has 0 bridgehead atoms. The fraction of sp³-hybridized carbons (Fsp3) is 0.250. The van der Waals surface area contributed by atoms with E-state index in [1.807, 2.05) is 35.5 Å². The van der Waals surface area contributed by atoms with E-state index in [-0.39, 0.29) is 5.91 Å². The van der Waals surface area contributed by atoms with Gasteiger partial charge in [0.1, 0.15) is 5.92 Å². The number of carbonyl (C=O) groups is 1. The van der Waals surface area contributed by atoms with Gasteiger partial charge in [0.2, 0.25) is 5.91 Å². The molecule has 25 heavy (non-hydrogen) atoms. The number of halogens is 1. The van der Waals surface area contributed by atoms with E-state index in [0.29, 0.717) is 13.0 Å². The van der Waals surface area contributed by atoms with Crippen LogP contribution >= 0.6 is 30.3 Å². The van der Waals surface area contributed by atoms with E-state index in [9.17, 15) is 4.79 Å². The summed E-state index contributed by atoms with van der Waals surface area (Å²) in [5.74, 6) is -0.685. The minimum Gasteiger partial charge on any atom is -0.310 e. The van der Waals surface area contributed by atoms with Gasteiger partial charge >= 0.3 is 0 Å². The summed E-state index contributed by atoms with van der Waals surface area (Å²) in [6.07, 6.45) is 6.03. The second-order valence-electron chi connectivity index (χ2n) is 5.82. The first-order chi connectivity index (χ1) is 12.1. The molecule has 4 rings (SSSR count). The zero-order valence-electron chi connectivity index (χ0n) is 13.3. The third kappa shape index (κ3) is 2.60. The lowest BCUT2D eigenvalue weighted by atomic mass is 10.1. The maximum Gasteiger partial charge on any atom is 0.244 e. The van der Waals surface area contributed by atoms with Crippen LogP contribution in [0.2, 0.25) is 0 Å². The lowest BCUT2D eigenvalue weighted by Crippen LogP contribution is -2.26. The number of aryl methyl sites for hydroxylation is 1. The van der Waals surface area contributed by atoms with Gasteiger partial charge in [-0.05, 0) is 18.6 Å². The van der Waals surface area contributed by atoms with Crippen molar-refractivity contribution < 1.29 is 4.79 Å². The maximum absolute atomic E-state index is 12.5. The summed E-state index contributed by atoms with van der Waals surface area (Å²) in [6, 6.07) is 5.97. The molecular weight excluding hydrogens is 451 g/mol. The van der Waals surface area contributed by atoms with Crippen LogP contribution in [0.1, 0.15) is 6.42 Å². The molecule has 9 heteroatoms. The first kappa shape index (κ1) is 16.4. The number of anilines is 1. The Morgan fingerprint density at radius 2 is 2.32 bits per heavy atom. The lowest BCUT2D eigenvalue weighted by Gasteiger charge is -2.16. The molecule has 1 aliphatic heterocycles. The van der Waals surface area contributed by atoms with E-state index in [2.05, 4.69) is 37.4 Å². The third-order valence-electron chi connectivity index (χ3n) is 4.36. The largest absolute Gasteiger partial charge is 0.310 e. The summed E-state index contributed by atoms with van der Waals surface area (Å²) in [4.78, 5) is 18.7. The number of rotatable bonds is 3. The molecular formula is C16H13IN6OS. The highest BCUT2D eigenvalue weighted by molar-refractivity contribution is 14.2. The molecule has 4 heterocycles. The van der Waals surface area contributed by atoms with E-state index in [4.69, 9.17) is 5.26 Å². The summed E-state index contributed by atoms with van der Waals surface area (Å²) in [7, 11) is 3.40. The van der Waals surface area contributed by atoms with Crippen LogP contribution in [-0.2, 0) is 11.8 Å². The molecule has 0 spiro atoms. The number of pyridine rings is 1. The van der Waals surface area contributed by atoms with E-state index in [1.54, 1.807) is 15.8 Å². The summed E-state index contributed by atoms with van der Waals surface area (Å²) < 4.78 is 3.78. The molecule has 3 aromatic rings. The van der Waals surface area contributed by atoms with Crippen molar-refractivity contribution in [2.45, 2.75) is 6.42 Å². The molecule has 0 saturated carbocycles. The first-order valence-corrected chi connectivity index (χ1v) is 10.9. The minimum atomic E-state index is -0.554. The zero-order valence-corrected chi connectivity index (χ0v) is 16.2. The molecule has 7 nitrogen and oxygen atoms in total. The van der Waals surface area contributed by atoms with Crippen molar-refractivity contribution in [3.8, 4) is 17.3 Å².